The number of imidazole rings is 1. The molecule has 0 bridgehead atoms. The molecule has 34 heavy (non-hydrogen) atoms. The molecule has 9 nitrogen and oxygen atoms in total. The zero-order valence-corrected chi connectivity index (χ0v) is 21.2. The molecular weight excluding hydrogens is 446 g/mol. The number of aromatic nitrogens is 8. The minimum absolute atomic E-state index is 0.304. The Morgan fingerprint density at radius 1 is 1.12 bits per heavy atom. The first-order chi connectivity index (χ1) is 16.5. The smallest absolute Gasteiger partial charge is 0.165 e. The lowest BCUT2D eigenvalue weighted by Gasteiger charge is -2.17. The Balaban J connectivity index is 1.45. The van der Waals surface area contributed by atoms with Crippen molar-refractivity contribution in [3.63, 3.8) is 0 Å². The molecule has 0 saturated carbocycles. The van der Waals surface area contributed by atoms with Crippen LogP contribution in [-0.4, -0.2) is 51.0 Å². The summed E-state index contributed by atoms with van der Waals surface area (Å²) in [5, 5.41) is 8.58. The molecule has 1 atom stereocenters. The molecule has 0 fully saturated rings. The Labute approximate surface area is 204 Å². The van der Waals surface area contributed by atoms with E-state index in [0.717, 1.165) is 66.4 Å². The van der Waals surface area contributed by atoms with Crippen molar-refractivity contribution < 1.29 is 0 Å². The number of nitrogens with zero attached hydrogens (tertiary/aromatic N) is 8. The topological polar surface area (TPSA) is 99.2 Å². The number of hydrogen-bond donors (Lipinski definition) is 1. The van der Waals surface area contributed by atoms with Gasteiger partial charge in [-0.15, -0.1) is 0 Å². The second-order valence-corrected chi connectivity index (χ2v) is 9.74. The number of aryl methyl sites for hydroxylation is 2. The number of nitrogens with one attached hydrogen (secondary N) is 1. The fourth-order valence-corrected chi connectivity index (χ4v) is 5.39. The molecule has 1 aliphatic rings. The lowest BCUT2D eigenvalue weighted by atomic mass is 10.0. The highest BCUT2D eigenvalue weighted by Crippen LogP contribution is 2.32. The molecule has 0 aliphatic heterocycles. The molecule has 0 radical (unpaired) electrons. The predicted octanol–water partition coefficient (Wildman–Crippen LogP) is 4.42. The normalized spacial score (nSPS) is 16.1. The van der Waals surface area contributed by atoms with Crippen molar-refractivity contribution in [2.75, 3.05) is 11.6 Å². The van der Waals surface area contributed by atoms with Crippen molar-refractivity contribution in [2.24, 2.45) is 0 Å². The maximum atomic E-state index is 4.94. The summed E-state index contributed by atoms with van der Waals surface area (Å²) in [7, 11) is 0. The van der Waals surface area contributed by atoms with Gasteiger partial charge in [-0.3, -0.25) is 0 Å². The van der Waals surface area contributed by atoms with Gasteiger partial charge in [-0.25, -0.2) is 29.0 Å². The van der Waals surface area contributed by atoms with Gasteiger partial charge < -0.3 is 9.88 Å². The monoisotopic (exact) mass is 477 g/mol. The van der Waals surface area contributed by atoms with Crippen molar-refractivity contribution in [2.45, 2.75) is 71.9 Å². The molecule has 1 unspecified atom stereocenters. The summed E-state index contributed by atoms with van der Waals surface area (Å²) < 4.78 is 4.22. The van der Waals surface area contributed by atoms with E-state index in [1.54, 1.807) is 18.3 Å². The fourth-order valence-electron chi connectivity index (χ4n) is 4.80. The molecule has 4 aromatic heterocycles. The summed E-state index contributed by atoms with van der Waals surface area (Å²) in [5.74, 6) is 2.77. The molecule has 0 spiro atoms. The van der Waals surface area contributed by atoms with E-state index in [4.69, 9.17) is 10.1 Å². The molecule has 0 aromatic carbocycles. The van der Waals surface area contributed by atoms with Crippen LogP contribution < -0.4 is 5.32 Å². The molecule has 1 N–H and O–H groups in total. The van der Waals surface area contributed by atoms with E-state index in [0.29, 0.717) is 12.0 Å². The summed E-state index contributed by atoms with van der Waals surface area (Å²) in [6.45, 7) is 9.18. The zero-order chi connectivity index (χ0) is 23.8. The Bertz CT molecular complexity index is 1310. The van der Waals surface area contributed by atoms with Crippen LogP contribution in [0, 0.1) is 6.92 Å². The third-order valence-corrected chi connectivity index (χ3v) is 7.16. The van der Waals surface area contributed by atoms with Crippen LogP contribution in [0.4, 0.5) is 5.82 Å². The largest absolute Gasteiger partial charge is 0.365 e. The lowest BCUT2D eigenvalue weighted by Crippen LogP contribution is -2.21. The van der Waals surface area contributed by atoms with Gasteiger partial charge in [-0.05, 0) is 63.0 Å². The van der Waals surface area contributed by atoms with Crippen LogP contribution in [0.25, 0.3) is 22.6 Å². The first kappa shape index (κ1) is 22.8. The summed E-state index contributed by atoms with van der Waals surface area (Å²) in [5.41, 5.74) is 6.53. The highest BCUT2D eigenvalue weighted by atomic mass is 32.2. The SMILES string of the molecule is CCn1c(-c2cnc(C)nc2)nc2c(NC3CCc4c(C(C)C)nn(SC)c4CC3)ncnc21. The zero-order valence-electron chi connectivity index (χ0n) is 20.4. The summed E-state index contributed by atoms with van der Waals surface area (Å²) >= 11 is 1.69. The summed E-state index contributed by atoms with van der Waals surface area (Å²) in [6, 6.07) is 0.304. The second kappa shape index (κ2) is 9.32. The molecule has 178 valence electrons. The van der Waals surface area contributed by atoms with Crippen LogP contribution in [0.15, 0.2) is 18.7 Å². The molecule has 1 aliphatic carbocycles. The van der Waals surface area contributed by atoms with Crippen LogP contribution in [0.5, 0.6) is 0 Å². The van der Waals surface area contributed by atoms with Gasteiger partial charge in [0.1, 0.15) is 18.0 Å². The third kappa shape index (κ3) is 4.04. The van der Waals surface area contributed by atoms with Crippen LogP contribution in [0.3, 0.4) is 0 Å². The van der Waals surface area contributed by atoms with Gasteiger partial charge in [0.05, 0.1) is 17.0 Å². The molecule has 5 rings (SSSR count). The summed E-state index contributed by atoms with van der Waals surface area (Å²) in [4.78, 5) is 22.8. The highest BCUT2D eigenvalue weighted by molar-refractivity contribution is 7.97. The van der Waals surface area contributed by atoms with Gasteiger partial charge >= 0.3 is 0 Å². The van der Waals surface area contributed by atoms with Crippen LogP contribution >= 0.6 is 11.9 Å². The standard InChI is InChI=1S/C24H31N9S/c1-6-32-23(16-11-25-15(4)26-12-16)30-21-22(27-13-28-24(21)32)29-17-7-9-18-19(10-8-17)33(34-5)31-20(18)14(2)3/h11-14,17H,6-10H2,1-5H3,(H,27,28,29). The molecular formula is C24H31N9S. The van der Waals surface area contributed by atoms with Crippen molar-refractivity contribution in [1.82, 2.24) is 38.7 Å². The van der Waals surface area contributed by atoms with Gasteiger partial charge in [-0.1, -0.05) is 13.8 Å². The van der Waals surface area contributed by atoms with Gasteiger partial charge in [-0.2, -0.15) is 5.10 Å². The van der Waals surface area contributed by atoms with E-state index in [1.807, 2.05) is 19.3 Å². The molecule has 0 amide bonds. The second-order valence-electron chi connectivity index (χ2n) is 9.03. The molecule has 10 heteroatoms. The number of hydrogen-bond acceptors (Lipinski definition) is 8. The van der Waals surface area contributed by atoms with E-state index in [9.17, 15) is 0 Å². The first-order valence-electron chi connectivity index (χ1n) is 11.9. The van der Waals surface area contributed by atoms with Gasteiger partial charge in [0, 0.05) is 31.2 Å². The number of anilines is 1. The minimum atomic E-state index is 0.304. The quantitative estimate of drug-likeness (QED) is 0.408. The van der Waals surface area contributed by atoms with Crippen molar-refractivity contribution in [3.8, 4) is 11.4 Å². The third-order valence-electron chi connectivity index (χ3n) is 6.51. The Morgan fingerprint density at radius 3 is 2.59 bits per heavy atom. The van der Waals surface area contributed by atoms with E-state index in [1.165, 1.54) is 17.0 Å². The van der Waals surface area contributed by atoms with Crippen molar-refractivity contribution in [3.05, 3.63) is 41.5 Å². The highest BCUT2D eigenvalue weighted by Gasteiger charge is 2.26. The first-order valence-corrected chi connectivity index (χ1v) is 13.1. The fraction of sp³-hybridized carbons (Fsp3) is 0.500. The van der Waals surface area contributed by atoms with E-state index >= 15 is 0 Å². The maximum absolute atomic E-state index is 4.94. The van der Waals surface area contributed by atoms with Crippen LogP contribution in [0.2, 0.25) is 0 Å². The Hall–Kier alpha value is -3.01. The van der Waals surface area contributed by atoms with Gasteiger partial charge in [0.25, 0.3) is 0 Å². The number of rotatable bonds is 6. The average Bonchev–Trinajstić information content (AvgIpc) is 3.33. The van der Waals surface area contributed by atoms with Crippen molar-refractivity contribution >= 4 is 28.9 Å². The lowest BCUT2D eigenvalue weighted by molar-refractivity contribution is 0.614. The number of fused-ring (bicyclic) bond motifs is 2. The van der Waals surface area contributed by atoms with Crippen molar-refractivity contribution in [1.29, 1.82) is 0 Å². The molecule has 4 aromatic rings. The summed E-state index contributed by atoms with van der Waals surface area (Å²) in [6.07, 6.45) is 11.4. The predicted molar refractivity (Wildman–Crippen MR) is 136 cm³/mol. The minimum Gasteiger partial charge on any atom is -0.365 e. The van der Waals surface area contributed by atoms with E-state index in [-0.39, 0.29) is 0 Å². The molecule has 0 saturated heterocycles. The van der Waals surface area contributed by atoms with Crippen LogP contribution in [-0.2, 0) is 19.4 Å². The van der Waals surface area contributed by atoms with Gasteiger partial charge in [0.2, 0.25) is 0 Å². The molecule has 4 heterocycles. The Morgan fingerprint density at radius 2 is 1.88 bits per heavy atom. The van der Waals surface area contributed by atoms with E-state index in [2.05, 4.69) is 60.9 Å². The maximum Gasteiger partial charge on any atom is 0.165 e. The van der Waals surface area contributed by atoms with E-state index < -0.39 is 0 Å². The average molecular weight is 478 g/mol. The Kier molecular flexibility index (Phi) is 6.24. The van der Waals surface area contributed by atoms with Crippen LogP contribution in [0.1, 0.15) is 62.3 Å². The van der Waals surface area contributed by atoms with Gasteiger partial charge in [0.15, 0.2) is 17.0 Å².